The molecule has 1 aliphatic rings. The number of carbonyl (C=O) groups excluding carboxylic acids is 1. The van der Waals surface area contributed by atoms with E-state index in [4.69, 9.17) is 6.42 Å². The van der Waals surface area contributed by atoms with Gasteiger partial charge in [-0.15, -0.1) is 6.42 Å². The maximum atomic E-state index is 12.2. The molecule has 0 unspecified atom stereocenters. The minimum atomic E-state index is -3.46. The molecule has 22 heavy (non-hydrogen) atoms. The van der Waals surface area contributed by atoms with Crippen LogP contribution in [0.5, 0.6) is 0 Å². The number of alkyl halides is 3. The number of amides is 1. The van der Waals surface area contributed by atoms with Gasteiger partial charge in [0.25, 0.3) is 5.91 Å². The first-order chi connectivity index (χ1) is 10.2. The van der Waals surface area contributed by atoms with Crippen molar-refractivity contribution >= 4 is 63.5 Å². The Labute approximate surface area is 156 Å². The molecular formula is C14H16Br3NO3S. The van der Waals surface area contributed by atoms with Gasteiger partial charge in [0.15, 0.2) is 9.84 Å². The van der Waals surface area contributed by atoms with Gasteiger partial charge >= 0.3 is 0 Å². The number of hydrogen-bond donors (Lipinski definition) is 0. The van der Waals surface area contributed by atoms with E-state index in [9.17, 15) is 13.2 Å². The maximum absolute atomic E-state index is 12.2. The summed E-state index contributed by atoms with van der Waals surface area (Å²) in [6.07, 6.45) is 12.9. The summed E-state index contributed by atoms with van der Waals surface area (Å²) in [5.41, 5.74) is 0.235. The van der Waals surface area contributed by atoms with E-state index in [0.29, 0.717) is 0 Å². The van der Waals surface area contributed by atoms with Crippen LogP contribution in [0.25, 0.3) is 0 Å². The quantitative estimate of drug-likeness (QED) is 0.249. The van der Waals surface area contributed by atoms with Gasteiger partial charge in [-0.25, -0.2) is 8.42 Å². The highest BCUT2D eigenvalue weighted by atomic mass is 80.0. The predicted octanol–water partition coefficient (Wildman–Crippen LogP) is 3.33. The molecule has 0 aliphatic carbocycles. The third kappa shape index (κ3) is 5.84. The van der Waals surface area contributed by atoms with Gasteiger partial charge in [-0.05, 0) is 73.1 Å². The van der Waals surface area contributed by atoms with Gasteiger partial charge in [0, 0.05) is 13.1 Å². The zero-order chi connectivity index (χ0) is 16.8. The molecule has 1 rings (SSSR count). The predicted molar refractivity (Wildman–Crippen MR) is 99.8 cm³/mol. The van der Waals surface area contributed by atoms with Gasteiger partial charge in [0.1, 0.15) is 0 Å². The van der Waals surface area contributed by atoms with Crippen molar-refractivity contribution in [1.82, 2.24) is 4.90 Å². The SMILES string of the molecule is C#C/C(=C\C=C/CS(=O)(=O)C(Br)(Br)Br)C(=O)N1CCCCC1. The minimum Gasteiger partial charge on any atom is -0.338 e. The van der Waals surface area contributed by atoms with E-state index in [1.54, 1.807) is 4.90 Å². The lowest BCUT2D eigenvalue weighted by atomic mass is 10.1. The number of rotatable bonds is 4. The van der Waals surface area contributed by atoms with Gasteiger partial charge in [-0.1, -0.05) is 18.1 Å². The van der Waals surface area contributed by atoms with Crippen LogP contribution in [0.4, 0.5) is 0 Å². The van der Waals surface area contributed by atoms with Crippen LogP contribution in [-0.2, 0) is 14.6 Å². The highest BCUT2D eigenvalue weighted by Crippen LogP contribution is 2.39. The van der Waals surface area contributed by atoms with Gasteiger partial charge in [0.05, 0.1) is 11.3 Å². The summed E-state index contributed by atoms with van der Waals surface area (Å²) in [5.74, 6) is 1.99. The lowest BCUT2D eigenvalue weighted by Crippen LogP contribution is -2.36. The standard InChI is InChI=1S/C14H16Br3NO3S/c1-2-12(13(19)18-9-5-3-6-10-18)8-4-7-11-22(20,21)14(15,16)17/h1,4,7-8H,3,5-6,9-11H2/b7-4-,12-8+. The topological polar surface area (TPSA) is 54.5 Å². The van der Waals surface area contributed by atoms with Crippen molar-refractivity contribution in [3.05, 3.63) is 23.8 Å². The van der Waals surface area contributed by atoms with Crippen molar-refractivity contribution in [1.29, 1.82) is 0 Å². The average molecular weight is 518 g/mol. The van der Waals surface area contributed by atoms with Crippen molar-refractivity contribution in [3.8, 4) is 12.3 Å². The summed E-state index contributed by atoms with van der Waals surface area (Å²) in [7, 11) is -3.46. The Hall–Kier alpha value is -0.100. The third-order valence-electron chi connectivity index (χ3n) is 3.10. The van der Waals surface area contributed by atoms with E-state index in [1.807, 2.05) is 0 Å². The molecule has 0 aromatic heterocycles. The first-order valence-corrected chi connectivity index (χ1v) is 10.6. The second-order valence-electron chi connectivity index (χ2n) is 4.73. The Bertz CT molecular complexity index is 606. The van der Waals surface area contributed by atoms with E-state index in [0.717, 1.165) is 32.4 Å². The van der Waals surface area contributed by atoms with Crippen LogP contribution >= 0.6 is 47.8 Å². The Morgan fingerprint density at radius 3 is 2.32 bits per heavy atom. The Morgan fingerprint density at radius 1 is 1.23 bits per heavy atom. The first-order valence-electron chi connectivity index (χ1n) is 6.61. The molecule has 1 heterocycles. The molecule has 122 valence electrons. The number of allylic oxidation sites excluding steroid dienone is 2. The molecule has 0 aromatic rings. The molecule has 1 fully saturated rings. The number of nitrogens with zero attached hydrogens (tertiary/aromatic N) is 1. The van der Waals surface area contributed by atoms with Gasteiger partial charge in [-0.2, -0.15) is 0 Å². The average Bonchev–Trinajstić information content (AvgIpc) is 2.46. The number of piperidine rings is 1. The molecular weight excluding hydrogens is 502 g/mol. The molecule has 0 saturated carbocycles. The molecule has 0 bridgehead atoms. The Balaban J connectivity index is 2.72. The molecule has 0 N–H and O–H groups in total. The van der Waals surface area contributed by atoms with Crippen molar-refractivity contribution in [2.24, 2.45) is 0 Å². The molecule has 1 saturated heterocycles. The fourth-order valence-electron chi connectivity index (χ4n) is 1.89. The number of likely N-dealkylation sites (tertiary alicyclic amines) is 1. The zero-order valence-corrected chi connectivity index (χ0v) is 17.3. The van der Waals surface area contributed by atoms with Gasteiger partial charge < -0.3 is 4.90 Å². The van der Waals surface area contributed by atoms with E-state index >= 15 is 0 Å². The summed E-state index contributed by atoms with van der Waals surface area (Å²) >= 11 is 8.92. The molecule has 4 nitrogen and oxygen atoms in total. The van der Waals surface area contributed by atoms with Crippen molar-refractivity contribution in [2.45, 2.75) is 20.7 Å². The van der Waals surface area contributed by atoms with E-state index in [2.05, 4.69) is 53.7 Å². The third-order valence-corrected chi connectivity index (χ3v) is 8.87. The second kappa shape index (κ2) is 8.67. The molecule has 1 amide bonds. The summed E-state index contributed by atoms with van der Waals surface area (Å²) in [5, 5.41) is 0. The monoisotopic (exact) mass is 515 g/mol. The fourth-order valence-corrected chi connectivity index (χ4v) is 3.63. The number of hydrogen-bond acceptors (Lipinski definition) is 3. The summed E-state index contributed by atoms with van der Waals surface area (Å²) < 4.78 is 22.3. The summed E-state index contributed by atoms with van der Waals surface area (Å²) in [6, 6.07) is 0. The number of terminal acetylenes is 1. The molecule has 0 radical (unpaired) electrons. The fraction of sp³-hybridized carbons (Fsp3) is 0.500. The van der Waals surface area contributed by atoms with Crippen LogP contribution in [0.1, 0.15) is 19.3 Å². The molecule has 0 atom stereocenters. The molecule has 1 aliphatic heterocycles. The summed E-state index contributed by atoms with van der Waals surface area (Å²) in [6.45, 7) is 1.43. The lowest BCUT2D eigenvalue weighted by Gasteiger charge is -2.26. The molecule has 0 aromatic carbocycles. The highest BCUT2D eigenvalue weighted by Gasteiger charge is 2.34. The number of sulfone groups is 1. The lowest BCUT2D eigenvalue weighted by molar-refractivity contribution is -0.127. The van der Waals surface area contributed by atoms with Gasteiger partial charge in [0.2, 0.25) is 1.47 Å². The van der Waals surface area contributed by atoms with Gasteiger partial charge in [-0.3, -0.25) is 4.79 Å². The van der Waals surface area contributed by atoms with E-state index in [1.165, 1.54) is 18.2 Å². The highest BCUT2D eigenvalue weighted by molar-refractivity contribution is 9.42. The van der Waals surface area contributed by atoms with Crippen molar-refractivity contribution in [3.63, 3.8) is 0 Å². The first kappa shape index (κ1) is 19.9. The minimum absolute atomic E-state index is 0.175. The Kier molecular flexibility index (Phi) is 7.86. The maximum Gasteiger partial charge on any atom is 0.262 e. The van der Waals surface area contributed by atoms with Crippen LogP contribution in [0.2, 0.25) is 0 Å². The van der Waals surface area contributed by atoms with Crippen LogP contribution in [-0.4, -0.2) is 39.5 Å². The zero-order valence-electron chi connectivity index (χ0n) is 11.8. The van der Waals surface area contributed by atoms with Crippen LogP contribution < -0.4 is 0 Å². The number of carbonyl (C=O) groups is 1. The normalized spacial score (nSPS) is 17.5. The largest absolute Gasteiger partial charge is 0.338 e. The van der Waals surface area contributed by atoms with Crippen LogP contribution in [0.3, 0.4) is 0 Å². The summed E-state index contributed by atoms with van der Waals surface area (Å²) in [4.78, 5) is 14.0. The van der Waals surface area contributed by atoms with E-state index < -0.39 is 11.3 Å². The van der Waals surface area contributed by atoms with Crippen molar-refractivity contribution in [2.75, 3.05) is 18.8 Å². The van der Waals surface area contributed by atoms with Crippen LogP contribution in [0.15, 0.2) is 23.8 Å². The molecule has 0 spiro atoms. The number of halogens is 3. The van der Waals surface area contributed by atoms with E-state index in [-0.39, 0.29) is 17.2 Å². The smallest absolute Gasteiger partial charge is 0.262 e. The molecule has 8 heteroatoms. The Morgan fingerprint density at radius 2 is 1.82 bits per heavy atom. The second-order valence-corrected chi connectivity index (χ2v) is 15.2. The van der Waals surface area contributed by atoms with Crippen molar-refractivity contribution < 1.29 is 13.2 Å². The van der Waals surface area contributed by atoms with Crippen LogP contribution in [0, 0.1) is 12.3 Å².